The molecular formula is C65H120O5. The van der Waals surface area contributed by atoms with E-state index in [1.54, 1.807) is 0 Å². The second-order valence-corrected chi connectivity index (χ2v) is 21.1. The molecule has 0 aliphatic heterocycles. The molecule has 0 aliphatic carbocycles. The summed E-state index contributed by atoms with van der Waals surface area (Å²) in [5, 5.41) is 9.65. The summed E-state index contributed by atoms with van der Waals surface area (Å²) in [6.07, 6.45) is 81.3. The number of carbonyl (C=O) groups is 2. The quantitative estimate of drug-likeness (QED) is 0.0373. The van der Waals surface area contributed by atoms with Crippen molar-refractivity contribution < 1.29 is 24.2 Å². The van der Waals surface area contributed by atoms with Crippen LogP contribution in [0.1, 0.15) is 335 Å². The summed E-state index contributed by atoms with van der Waals surface area (Å²) in [6.45, 7) is 4.07. The molecule has 1 atom stereocenters. The van der Waals surface area contributed by atoms with Crippen LogP contribution in [0.3, 0.4) is 0 Å². The van der Waals surface area contributed by atoms with E-state index in [1.807, 2.05) is 0 Å². The van der Waals surface area contributed by atoms with Crippen LogP contribution in [0.25, 0.3) is 0 Å². The van der Waals surface area contributed by atoms with Gasteiger partial charge in [0.25, 0.3) is 0 Å². The predicted molar refractivity (Wildman–Crippen MR) is 307 cm³/mol. The highest BCUT2D eigenvalue weighted by Gasteiger charge is 2.16. The van der Waals surface area contributed by atoms with Crippen LogP contribution in [0.5, 0.6) is 0 Å². The lowest BCUT2D eigenvalue weighted by molar-refractivity contribution is -0.161. The number of aliphatic hydroxyl groups excluding tert-OH is 1. The number of hydrogen-bond donors (Lipinski definition) is 1. The number of carbonyl (C=O) groups excluding carboxylic acids is 2. The zero-order valence-electron chi connectivity index (χ0n) is 47.0. The van der Waals surface area contributed by atoms with Crippen LogP contribution in [0.2, 0.25) is 0 Å². The number of rotatable bonds is 58. The molecule has 1 unspecified atom stereocenters. The van der Waals surface area contributed by atoms with Crippen molar-refractivity contribution in [1.29, 1.82) is 0 Å². The van der Waals surface area contributed by atoms with Gasteiger partial charge in [0, 0.05) is 12.8 Å². The smallest absolute Gasteiger partial charge is 0.306 e. The van der Waals surface area contributed by atoms with Gasteiger partial charge in [-0.15, -0.1) is 0 Å². The number of esters is 2. The number of aliphatic hydroxyl groups is 1. The van der Waals surface area contributed by atoms with Gasteiger partial charge in [0.1, 0.15) is 6.61 Å². The lowest BCUT2D eigenvalue weighted by atomic mass is 10.0. The van der Waals surface area contributed by atoms with Crippen LogP contribution < -0.4 is 0 Å². The first-order chi connectivity index (χ1) is 34.6. The molecule has 0 bridgehead atoms. The fraction of sp³-hybridized carbons (Fsp3) is 0.846. The Kier molecular flexibility index (Phi) is 59.3. The summed E-state index contributed by atoms with van der Waals surface area (Å²) in [7, 11) is 0. The molecule has 70 heavy (non-hydrogen) atoms. The SMILES string of the molecule is CC/C=C\C/C=C\C/C=C\C/C=C\CCCCCCCCCCCCCCCCCCCCCCCCCCCCCCC(=O)OC(CO)COC(=O)CCCCCCCCCCCCCCCCC. The summed E-state index contributed by atoms with van der Waals surface area (Å²) in [6, 6.07) is 0. The Labute approximate surface area is 437 Å². The maximum atomic E-state index is 12.3. The van der Waals surface area contributed by atoms with Gasteiger partial charge in [-0.2, -0.15) is 0 Å². The Hall–Kier alpha value is -2.14. The molecule has 5 nitrogen and oxygen atoms in total. The van der Waals surface area contributed by atoms with Gasteiger partial charge in [0.2, 0.25) is 0 Å². The zero-order chi connectivity index (χ0) is 50.6. The Morgan fingerprint density at radius 3 is 0.929 bits per heavy atom. The van der Waals surface area contributed by atoms with Gasteiger partial charge in [-0.1, -0.05) is 319 Å². The molecule has 0 amide bonds. The van der Waals surface area contributed by atoms with Crippen molar-refractivity contribution in [3.05, 3.63) is 48.6 Å². The summed E-state index contributed by atoms with van der Waals surface area (Å²) in [5.74, 6) is -0.569. The fourth-order valence-corrected chi connectivity index (χ4v) is 9.49. The molecule has 0 fully saturated rings. The van der Waals surface area contributed by atoms with E-state index in [-0.39, 0.29) is 25.2 Å². The number of ether oxygens (including phenoxy) is 2. The van der Waals surface area contributed by atoms with Crippen LogP contribution in [-0.2, 0) is 19.1 Å². The van der Waals surface area contributed by atoms with E-state index in [1.165, 1.54) is 250 Å². The van der Waals surface area contributed by atoms with Crippen molar-refractivity contribution in [2.24, 2.45) is 0 Å². The van der Waals surface area contributed by atoms with Crippen LogP contribution in [-0.4, -0.2) is 36.4 Å². The average molecular weight is 982 g/mol. The minimum Gasteiger partial charge on any atom is -0.462 e. The molecule has 0 aromatic heterocycles. The molecule has 0 saturated carbocycles. The topological polar surface area (TPSA) is 72.8 Å². The van der Waals surface area contributed by atoms with E-state index in [0.717, 1.165) is 57.8 Å². The van der Waals surface area contributed by atoms with E-state index < -0.39 is 6.10 Å². The number of allylic oxidation sites excluding steroid dienone is 8. The summed E-state index contributed by atoms with van der Waals surface area (Å²) in [5.41, 5.74) is 0. The first kappa shape index (κ1) is 67.9. The molecular weight excluding hydrogens is 861 g/mol. The first-order valence-electron chi connectivity index (χ1n) is 31.2. The summed E-state index contributed by atoms with van der Waals surface area (Å²) >= 11 is 0. The second-order valence-electron chi connectivity index (χ2n) is 21.1. The normalized spacial score (nSPS) is 12.4. The maximum absolute atomic E-state index is 12.3. The maximum Gasteiger partial charge on any atom is 0.306 e. The lowest BCUT2D eigenvalue weighted by Crippen LogP contribution is -2.28. The molecule has 0 saturated heterocycles. The van der Waals surface area contributed by atoms with E-state index in [0.29, 0.717) is 12.8 Å². The molecule has 0 radical (unpaired) electrons. The van der Waals surface area contributed by atoms with Gasteiger partial charge < -0.3 is 14.6 Å². The Morgan fingerprint density at radius 1 is 0.343 bits per heavy atom. The van der Waals surface area contributed by atoms with Crippen LogP contribution in [0.4, 0.5) is 0 Å². The fourth-order valence-electron chi connectivity index (χ4n) is 9.49. The number of unbranched alkanes of at least 4 members (excludes halogenated alkanes) is 42. The van der Waals surface area contributed by atoms with Crippen LogP contribution >= 0.6 is 0 Å². The van der Waals surface area contributed by atoms with Crippen molar-refractivity contribution in [2.45, 2.75) is 341 Å². The monoisotopic (exact) mass is 981 g/mol. The minimum atomic E-state index is -0.767. The third-order valence-corrected chi connectivity index (χ3v) is 14.1. The largest absolute Gasteiger partial charge is 0.462 e. The van der Waals surface area contributed by atoms with E-state index in [9.17, 15) is 14.7 Å². The van der Waals surface area contributed by atoms with E-state index in [2.05, 4.69) is 62.5 Å². The first-order valence-corrected chi connectivity index (χ1v) is 31.2. The molecule has 1 N–H and O–H groups in total. The summed E-state index contributed by atoms with van der Waals surface area (Å²) in [4.78, 5) is 24.5. The predicted octanol–water partition coefficient (Wildman–Crippen LogP) is 21.2. The molecule has 0 heterocycles. The Balaban J connectivity index is 3.35. The third-order valence-electron chi connectivity index (χ3n) is 14.1. The van der Waals surface area contributed by atoms with Crippen LogP contribution in [0.15, 0.2) is 48.6 Å². The van der Waals surface area contributed by atoms with Gasteiger partial charge >= 0.3 is 11.9 Å². The Bertz CT molecular complexity index is 1150. The standard InChI is InChI=1S/C65H120O5/c1-3-5-7-9-11-13-15-17-19-20-21-22-23-24-25-26-27-28-29-30-31-32-33-34-35-36-37-38-39-40-41-42-43-44-46-48-50-52-54-56-58-60-65(68)70-63(61-66)62-69-64(67)59-57-55-53-51-49-47-45-18-16-14-12-10-8-6-4-2/h5,7,11,13,17,19,21-22,63,66H,3-4,6,8-10,12,14-16,18,20,23-62H2,1-2H3/b7-5-,13-11-,19-17-,22-21-. The molecule has 410 valence electrons. The molecule has 0 spiro atoms. The minimum absolute atomic E-state index is 0.0585. The lowest BCUT2D eigenvalue weighted by Gasteiger charge is -2.15. The van der Waals surface area contributed by atoms with E-state index in [4.69, 9.17) is 9.47 Å². The molecule has 0 aromatic rings. The van der Waals surface area contributed by atoms with Crippen molar-refractivity contribution in [3.8, 4) is 0 Å². The highest BCUT2D eigenvalue weighted by Crippen LogP contribution is 2.18. The van der Waals surface area contributed by atoms with Crippen molar-refractivity contribution in [3.63, 3.8) is 0 Å². The zero-order valence-corrected chi connectivity index (χ0v) is 47.0. The third kappa shape index (κ3) is 58.4. The molecule has 0 aromatic carbocycles. The van der Waals surface area contributed by atoms with Gasteiger partial charge in [-0.25, -0.2) is 0 Å². The second kappa shape index (κ2) is 61.2. The van der Waals surface area contributed by atoms with Gasteiger partial charge in [0.05, 0.1) is 6.61 Å². The highest BCUT2D eigenvalue weighted by atomic mass is 16.6. The van der Waals surface area contributed by atoms with Crippen molar-refractivity contribution in [1.82, 2.24) is 0 Å². The summed E-state index contributed by atoms with van der Waals surface area (Å²) < 4.78 is 10.7. The average Bonchev–Trinajstić information content (AvgIpc) is 3.36. The van der Waals surface area contributed by atoms with Crippen LogP contribution in [0, 0.1) is 0 Å². The van der Waals surface area contributed by atoms with Crippen molar-refractivity contribution >= 4 is 11.9 Å². The molecule has 0 rings (SSSR count). The Morgan fingerprint density at radius 2 is 0.614 bits per heavy atom. The van der Waals surface area contributed by atoms with Gasteiger partial charge in [-0.3, -0.25) is 9.59 Å². The molecule has 0 aliphatic rings. The van der Waals surface area contributed by atoms with Crippen molar-refractivity contribution in [2.75, 3.05) is 13.2 Å². The van der Waals surface area contributed by atoms with E-state index >= 15 is 0 Å². The highest BCUT2D eigenvalue weighted by molar-refractivity contribution is 5.70. The van der Waals surface area contributed by atoms with Gasteiger partial charge in [0.15, 0.2) is 6.10 Å². The molecule has 5 heteroatoms. The number of hydrogen-bond acceptors (Lipinski definition) is 5. The van der Waals surface area contributed by atoms with Gasteiger partial charge in [-0.05, 0) is 51.4 Å².